The van der Waals surface area contributed by atoms with E-state index in [0.717, 1.165) is 36.1 Å². The number of hydrogen-bond donors (Lipinski definition) is 4. The number of nitrogens with one attached hydrogen (secondary N) is 4. The van der Waals surface area contributed by atoms with Gasteiger partial charge in [0.1, 0.15) is 11.5 Å². The van der Waals surface area contributed by atoms with Gasteiger partial charge in [0.15, 0.2) is 5.82 Å². The molecule has 118 valence electrons. The molecule has 2 aromatic heterocycles. The molecule has 1 aromatic carbocycles. The molecule has 23 heavy (non-hydrogen) atoms. The molecule has 0 radical (unpaired) electrons. The zero-order valence-corrected chi connectivity index (χ0v) is 12.9. The van der Waals surface area contributed by atoms with E-state index in [-0.39, 0.29) is 5.69 Å². The van der Waals surface area contributed by atoms with Gasteiger partial charge in [0.05, 0.1) is 0 Å². The Kier molecular flexibility index (Phi) is 3.51. The second kappa shape index (κ2) is 5.68. The highest BCUT2D eigenvalue weighted by Gasteiger charge is 2.17. The number of nitrogens with zero attached hydrogens (tertiary/aromatic N) is 2. The van der Waals surface area contributed by atoms with Crippen LogP contribution in [0.25, 0.3) is 22.3 Å². The zero-order chi connectivity index (χ0) is 15.8. The smallest absolute Gasteiger partial charge is 0.340 e. The largest absolute Gasteiger partial charge is 0.365 e. The van der Waals surface area contributed by atoms with E-state index in [1.165, 1.54) is 0 Å². The molecular weight excluding hydrogens is 316 g/mol. The molecule has 1 aliphatic rings. The van der Waals surface area contributed by atoms with Crippen molar-refractivity contribution in [2.75, 3.05) is 18.4 Å². The maximum Gasteiger partial charge on any atom is 0.340 e. The first-order valence-electron chi connectivity index (χ1n) is 7.42. The number of rotatable bonds is 3. The average Bonchev–Trinajstić information content (AvgIpc) is 3.19. The van der Waals surface area contributed by atoms with Gasteiger partial charge in [-0.05, 0) is 36.6 Å². The van der Waals surface area contributed by atoms with Crippen LogP contribution in [0.2, 0.25) is 5.02 Å². The Morgan fingerprint density at radius 3 is 2.96 bits per heavy atom. The van der Waals surface area contributed by atoms with E-state index < -0.39 is 0 Å². The number of pyridine rings is 1. The van der Waals surface area contributed by atoms with Gasteiger partial charge >= 0.3 is 5.69 Å². The quantitative estimate of drug-likeness (QED) is 0.586. The first-order valence-corrected chi connectivity index (χ1v) is 7.79. The number of aromatic nitrogens is 4. The van der Waals surface area contributed by atoms with E-state index in [1.54, 1.807) is 0 Å². The lowest BCUT2D eigenvalue weighted by Crippen LogP contribution is -2.23. The lowest BCUT2D eigenvalue weighted by Gasteiger charge is -2.15. The molecule has 8 heteroatoms. The molecule has 7 nitrogen and oxygen atoms in total. The van der Waals surface area contributed by atoms with Crippen molar-refractivity contribution in [2.45, 2.75) is 12.5 Å². The Hall–Kier alpha value is -2.38. The summed E-state index contributed by atoms with van der Waals surface area (Å²) in [4.78, 5) is 18.6. The Labute approximate surface area is 136 Å². The third-order valence-corrected chi connectivity index (χ3v) is 4.17. The van der Waals surface area contributed by atoms with Crippen LogP contribution in [-0.4, -0.2) is 39.3 Å². The fraction of sp³-hybridized carbons (Fsp3) is 0.267. The summed E-state index contributed by atoms with van der Waals surface area (Å²) in [6, 6.07) is 7.87. The molecular formula is C15H15ClN6O. The second-order valence-electron chi connectivity index (χ2n) is 5.58. The number of aromatic amines is 2. The van der Waals surface area contributed by atoms with Crippen LogP contribution in [0.15, 0.2) is 29.1 Å². The fourth-order valence-corrected chi connectivity index (χ4v) is 2.99. The van der Waals surface area contributed by atoms with Gasteiger partial charge in [-0.3, -0.25) is 4.98 Å². The molecule has 4 N–H and O–H groups in total. The Morgan fingerprint density at radius 2 is 2.22 bits per heavy atom. The molecule has 0 amide bonds. The van der Waals surface area contributed by atoms with Crippen molar-refractivity contribution in [3.8, 4) is 11.5 Å². The Morgan fingerprint density at radius 1 is 1.30 bits per heavy atom. The molecule has 3 heterocycles. The Balaban J connectivity index is 1.85. The number of H-pyrrole nitrogens is 2. The van der Waals surface area contributed by atoms with Crippen LogP contribution in [0.1, 0.15) is 6.42 Å². The molecule has 0 bridgehead atoms. The Bertz CT molecular complexity index is 912. The second-order valence-corrected chi connectivity index (χ2v) is 6.02. The van der Waals surface area contributed by atoms with E-state index in [2.05, 4.69) is 30.8 Å². The first-order chi connectivity index (χ1) is 11.2. The molecule has 0 aliphatic carbocycles. The maximum absolute atomic E-state index is 11.3. The van der Waals surface area contributed by atoms with Crippen LogP contribution in [0.4, 0.5) is 5.82 Å². The summed E-state index contributed by atoms with van der Waals surface area (Å²) in [6.07, 6.45) is 1.03. The van der Waals surface area contributed by atoms with Crippen LogP contribution in [0, 0.1) is 0 Å². The number of fused-ring (bicyclic) bond motifs is 1. The summed E-state index contributed by atoms with van der Waals surface area (Å²) < 4.78 is 0. The van der Waals surface area contributed by atoms with Crippen LogP contribution < -0.4 is 16.3 Å². The van der Waals surface area contributed by atoms with Crippen LogP contribution in [0.3, 0.4) is 0 Å². The van der Waals surface area contributed by atoms with Crippen LogP contribution in [-0.2, 0) is 0 Å². The lowest BCUT2D eigenvalue weighted by molar-refractivity contribution is 0.789. The lowest BCUT2D eigenvalue weighted by atomic mass is 10.1. The van der Waals surface area contributed by atoms with Crippen molar-refractivity contribution in [1.29, 1.82) is 0 Å². The van der Waals surface area contributed by atoms with E-state index in [9.17, 15) is 4.79 Å². The van der Waals surface area contributed by atoms with Crippen LogP contribution in [0.5, 0.6) is 0 Å². The number of hydrogen-bond acceptors (Lipinski definition) is 5. The maximum atomic E-state index is 11.3. The van der Waals surface area contributed by atoms with Gasteiger partial charge in [-0.25, -0.2) is 14.9 Å². The zero-order valence-electron chi connectivity index (χ0n) is 12.2. The summed E-state index contributed by atoms with van der Waals surface area (Å²) in [6.45, 7) is 1.88. The number of benzene rings is 1. The highest BCUT2D eigenvalue weighted by molar-refractivity contribution is 6.31. The van der Waals surface area contributed by atoms with Gasteiger partial charge < -0.3 is 10.6 Å². The fourth-order valence-electron chi connectivity index (χ4n) is 2.81. The molecule has 3 aromatic rings. The summed E-state index contributed by atoms with van der Waals surface area (Å²) in [5, 5.41) is 15.7. The average molecular weight is 331 g/mol. The molecule has 1 aliphatic heterocycles. The van der Waals surface area contributed by atoms with Gasteiger partial charge in [0.25, 0.3) is 0 Å². The summed E-state index contributed by atoms with van der Waals surface area (Å²) in [5.74, 6) is 1.16. The van der Waals surface area contributed by atoms with Crippen molar-refractivity contribution in [2.24, 2.45) is 0 Å². The monoisotopic (exact) mass is 330 g/mol. The summed E-state index contributed by atoms with van der Waals surface area (Å²) in [5.41, 5.74) is 0.249. The molecule has 0 saturated carbocycles. The minimum atomic E-state index is -0.354. The molecule has 1 atom stereocenters. The standard InChI is InChI=1S/C15H15ClN6O/c16-9-2-1-8-5-12(14-20-15(23)22-21-14)19-13(11(8)6-9)18-10-3-4-17-7-10/h1-2,5-6,10,17H,3-4,7H2,(H,18,19)(H2,20,21,22,23). The van der Waals surface area contributed by atoms with E-state index >= 15 is 0 Å². The minimum Gasteiger partial charge on any atom is -0.365 e. The SMILES string of the molecule is O=c1[nH]nc(-c2cc3ccc(Cl)cc3c(NC3CCNC3)n2)[nH]1. The molecule has 4 rings (SSSR count). The number of halogens is 1. The van der Waals surface area contributed by atoms with E-state index in [4.69, 9.17) is 11.6 Å². The van der Waals surface area contributed by atoms with E-state index in [1.807, 2.05) is 24.3 Å². The van der Waals surface area contributed by atoms with Gasteiger partial charge in [-0.2, -0.15) is 5.10 Å². The predicted octanol–water partition coefficient (Wildman–Crippen LogP) is 1.74. The predicted molar refractivity (Wildman–Crippen MR) is 89.9 cm³/mol. The highest BCUT2D eigenvalue weighted by atomic mass is 35.5. The molecule has 1 fully saturated rings. The van der Waals surface area contributed by atoms with Crippen molar-refractivity contribution in [1.82, 2.24) is 25.5 Å². The van der Waals surface area contributed by atoms with Gasteiger partial charge in [-0.15, -0.1) is 0 Å². The summed E-state index contributed by atoms with van der Waals surface area (Å²) in [7, 11) is 0. The van der Waals surface area contributed by atoms with Gasteiger partial charge in [-0.1, -0.05) is 17.7 Å². The normalized spacial score (nSPS) is 17.7. The highest BCUT2D eigenvalue weighted by Crippen LogP contribution is 2.29. The topological polar surface area (TPSA) is 98.5 Å². The van der Waals surface area contributed by atoms with Gasteiger partial charge in [0, 0.05) is 23.0 Å². The molecule has 0 spiro atoms. The summed E-state index contributed by atoms with van der Waals surface area (Å²) >= 11 is 6.13. The van der Waals surface area contributed by atoms with Crippen molar-refractivity contribution >= 4 is 28.2 Å². The van der Waals surface area contributed by atoms with Crippen LogP contribution >= 0.6 is 11.6 Å². The molecule has 1 unspecified atom stereocenters. The first kappa shape index (κ1) is 14.2. The molecule has 1 saturated heterocycles. The third-order valence-electron chi connectivity index (χ3n) is 3.94. The number of anilines is 1. The van der Waals surface area contributed by atoms with Crippen molar-refractivity contribution < 1.29 is 0 Å². The van der Waals surface area contributed by atoms with E-state index in [0.29, 0.717) is 22.6 Å². The third kappa shape index (κ3) is 2.80. The minimum absolute atomic E-state index is 0.318. The van der Waals surface area contributed by atoms with Crippen molar-refractivity contribution in [3.63, 3.8) is 0 Å². The van der Waals surface area contributed by atoms with Crippen molar-refractivity contribution in [3.05, 3.63) is 39.8 Å². The van der Waals surface area contributed by atoms with Gasteiger partial charge in [0.2, 0.25) is 0 Å².